The highest BCUT2D eigenvalue weighted by Gasteiger charge is 2.57. The van der Waals surface area contributed by atoms with Gasteiger partial charge in [0.2, 0.25) is 11.8 Å². The highest BCUT2D eigenvalue weighted by molar-refractivity contribution is 6.04. The first-order valence-corrected chi connectivity index (χ1v) is 8.80. The zero-order valence-electron chi connectivity index (χ0n) is 14.2. The second kappa shape index (κ2) is 6.10. The first-order valence-electron chi connectivity index (χ1n) is 8.80. The van der Waals surface area contributed by atoms with E-state index >= 15 is 0 Å². The molecule has 8 nitrogen and oxygen atoms in total. The van der Waals surface area contributed by atoms with Gasteiger partial charge in [-0.05, 0) is 24.2 Å². The molecule has 2 heterocycles. The van der Waals surface area contributed by atoms with Crippen molar-refractivity contribution in [1.29, 1.82) is 0 Å². The Hall–Kier alpha value is -1.93. The Morgan fingerprint density at radius 1 is 1.36 bits per heavy atom. The third-order valence-electron chi connectivity index (χ3n) is 6.09. The van der Waals surface area contributed by atoms with Gasteiger partial charge < -0.3 is 15.2 Å². The fourth-order valence-corrected chi connectivity index (χ4v) is 4.50. The van der Waals surface area contributed by atoms with Gasteiger partial charge in [0.25, 0.3) is 5.91 Å². The van der Waals surface area contributed by atoms with Crippen molar-refractivity contribution in [2.45, 2.75) is 31.3 Å². The van der Waals surface area contributed by atoms with E-state index in [9.17, 15) is 19.5 Å². The average Bonchev–Trinajstić information content (AvgIpc) is 3.02. The number of aliphatic hydroxyl groups excluding tert-OH is 1. The summed E-state index contributed by atoms with van der Waals surface area (Å²) >= 11 is 0. The molecule has 0 radical (unpaired) electrons. The zero-order chi connectivity index (χ0) is 17.7. The van der Waals surface area contributed by atoms with Gasteiger partial charge in [0.15, 0.2) is 0 Å². The van der Waals surface area contributed by atoms with Crippen LogP contribution in [0.15, 0.2) is 11.3 Å². The lowest BCUT2D eigenvalue weighted by Gasteiger charge is -2.39. The van der Waals surface area contributed by atoms with E-state index in [1.807, 2.05) is 0 Å². The number of carbonyl (C=O) groups is 3. The summed E-state index contributed by atoms with van der Waals surface area (Å²) in [4.78, 5) is 37.7. The summed E-state index contributed by atoms with van der Waals surface area (Å²) < 4.78 is 5.45. The fraction of sp³-hybridized carbons (Fsp3) is 0.706. The van der Waals surface area contributed by atoms with Crippen molar-refractivity contribution in [1.82, 2.24) is 15.5 Å². The number of piperidine rings is 2. The normalized spacial score (nSPS) is 37.3. The van der Waals surface area contributed by atoms with Crippen LogP contribution in [-0.2, 0) is 19.1 Å². The number of hydrogen-bond donors (Lipinski definition) is 3. The van der Waals surface area contributed by atoms with Crippen molar-refractivity contribution in [2.75, 3.05) is 26.8 Å². The molecule has 4 aliphatic rings. The Labute approximate surface area is 145 Å². The van der Waals surface area contributed by atoms with Crippen molar-refractivity contribution >= 4 is 17.7 Å². The Kier molecular flexibility index (Phi) is 4.04. The molecular formula is C17H23N3O5. The van der Waals surface area contributed by atoms with E-state index in [1.165, 1.54) is 0 Å². The van der Waals surface area contributed by atoms with Gasteiger partial charge in [-0.2, -0.15) is 0 Å². The minimum Gasteiger partial charge on any atom is -0.499 e. The maximum absolute atomic E-state index is 12.5. The van der Waals surface area contributed by atoms with Gasteiger partial charge in [-0.25, -0.2) is 0 Å². The van der Waals surface area contributed by atoms with E-state index in [-0.39, 0.29) is 30.9 Å². The van der Waals surface area contributed by atoms with Gasteiger partial charge in [-0.3, -0.25) is 24.6 Å². The molecule has 0 aromatic rings. The molecule has 0 aromatic heterocycles. The second-order valence-corrected chi connectivity index (χ2v) is 7.37. The molecule has 2 aliphatic carbocycles. The van der Waals surface area contributed by atoms with Crippen LogP contribution in [0.4, 0.5) is 0 Å². The van der Waals surface area contributed by atoms with E-state index in [4.69, 9.17) is 4.74 Å². The molecule has 3 N–H and O–H groups in total. The number of imide groups is 1. The predicted molar refractivity (Wildman–Crippen MR) is 85.9 cm³/mol. The third-order valence-corrected chi connectivity index (χ3v) is 6.09. The van der Waals surface area contributed by atoms with Gasteiger partial charge in [0.1, 0.15) is 11.8 Å². The maximum atomic E-state index is 12.5. The number of hydrogen-bond acceptors (Lipinski definition) is 6. The summed E-state index contributed by atoms with van der Waals surface area (Å²) in [6, 6.07) is -0.556. The number of nitrogens with one attached hydrogen (secondary N) is 2. The van der Waals surface area contributed by atoms with Crippen molar-refractivity contribution in [3.63, 3.8) is 0 Å². The number of aliphatic hydroxyl groups is 1. The van der Waals surface area contributed by atoms with Crippen LogP contribution in [-0.4, -0.2) is 66.6 Å². The zero-order valence-corrected chi connectivity index (χ0v) is 14.2. The molecule has 0 bridgehead atoms. The van der Waals surface area contributed by atoms with Crippen LogP contribution in [0.25, 0.3) is 0 Å². The summed E-state index contributed by atoms with van der Waals surface area (Å²) in [6.45, 7) is 2.14. The van der Waals surface area contributed by atoms with Crippen LogP contribution < -0.4 is 10.6 Å². The summed E-state index contributed by atoms with van der Waals surface area (Å²) in [5.74, 6) is 1.22. The van der Waals surface area contributed by atoms with Crippen LogP contribution in [0.5, 0.6) is 0 Å². The van der Waals surface area contributed by atoms with E-state index in [0.717, 1.165) is 13.1 Å². The van der Waals surface area contributed by atoms with Gasteiger partial charge in [-0.1, -0.05) is 0 Å². The molecule has 3 amide bonds. The molecule has 3 fully saturated rings. The van der Waals surface area contributed by atoms with Gasteiger partial charge in [-0.15, -0.1) is 0 Å². The number of amides is 3. The molecule has 2 aliphatic heterocycles. The van der Waals surface area contributed by atoms with Crippen LogP contribution >= 0.6 is 0 Å². The quantitative estimate of drug-likeness (QED) is 0.536. The molecule has 4 rings (SSSR count). The molecule has 5 atom stereocenters. The monoisotopic (exact) mass is 349 g/mol. The lowest BCUT2D eigenvalue weighted by Crippen LogP contribution is -2.54. The number of fused-ring (bicyclic) bond motifs is 1. The average molecular weight is 349 g/mol. The summed E-state index contributed by atoms with van der Waals surface area (Å²) in [5, 5.41) is 14.2. The highest BCUT2D eigenvalue weighted by atomic mass is 16.5. The minimum atomic E-state index is -0.667. The molecule has 8 heteroatoms. The minimum absolute atomic E-state index is 0.111. The topological polar surface area (TPSA) is 108 Å². The van der Waals surface area contributed by atoms with Crippen molar-refractivity contribution in [2.24, 2.45) is 17.8 Å². The SMILES string of the molecule is COC1=C(C(=O)NC2CCC(=O)NC2=O)C[C@H]1N1C[C@@H]2C(CO)[C@@H]2C1. The largest absolute Gasteiger partial charge is 0.499 e. The first kappa shape index (κ1) is 16.5. The lowest BCUT2D eigenvalue weighted by molar-refractivity contribution is -0.136. The Balaban J connectivity index is 1.36. The molecule has 25 heavy (non-hydrogen) atoms. The van der Waals surface area contributed by atoms with Gasteiger partial charge in [0, 0.05) is 32.5 Å². The standard InChI is InChI=1S/C17H23N3O5/c1-25-15-8(16(23)18-12-2-3-14(22)19-17(12)24)4-13(15)20-5-9-10(6-20)11(9)7-21/h9-13,21H,2-7H2,1H3,(H,18,23)(H,19,22,24)/t9-,10+,11?,12?,13-/m1/s1. The van der Waals surface area contributed by atoms with Crippen LogP contribution in [0.3, 0.4) is 0 Å². The van der Waals surface area contributed by atoms with Gasteiger partial charge >= 0.3 is 0 Å². The van der Waals surface area contributed by atoms with Gasteiger partial charge in [0.05, 0.1) is 18.7 Å². The molecule has 0 aromatic carbocycles. The molecule has 2 saturated heterocycles. The van der Waals surface area contributed by atoms with E-state index in [2.05, 4.69) is 15.5 Å². The highest BCUT2D eigenvalue weighted by Crippen LogP contribution is 2.53. The molecule has 2 unspecified atom stereocenters. The Morgan fingerprint density at radius 2 is 2.08 bits per heavy atom. The van der Waals surface area contributed by atoms with E-state index < -0.39 is 11.9 Å². The van der Waals surface area contributed by atoms with E-state index in [1.54, 1.807) is 7.11 Å². The predicted octanol–water partition coefficient (Wildman–Crippen LogP) is -1.25. The van der Waals surface area contributed by atoms with E-state index in [0.29, 0.717) is 41.9 Å². The number of carbonyl (C=O) groups excluding carboxylic acids is 3. The maximum Gasteiger partial charge on any atom is 0.251 e. The van der Waals surface area contributed by atoms with Crippen LogP contribution in [0.1, 0.15) is 19.3 Å². The summed E-state index contributed by atoms with van der Waals surface area (Å²) in [6.07, 6.45) is 1.16. The summed E-state index contributed by atoms with van der Waals surface area (Å²) in [5.41, 5.74) is 0.580. The third kappa shape index (κ3) is 2.73. The fourth-order valence-electron chi connectivity index (χ4n) is 4.50. The number of nitrogens with zero attached hydrogens (tertiary/aromatic N) is 1. The molecule has 1 saturated carbocycles. The first-order chi connectivity index (χ1) is 12.0. The smallest absolute Gasteiger partial charge is 0.251 e. The van der Waals surface area contributed by atoms with Crippen molar-refractivity contribution in [3.8, 4) is 0 Å². The molecule has 136 valence electrons. The lowest BCUT2D eigenvalue weighted by atomic mass is 9.87. The molecule has 0 spiro atoms. The number of ether oxygens (including phenoxy) is 1. The Morgan fingerprint density at radius 3 is 2.68 bits per heavy atom. The van der Waals surface area contributed by atoms with Crippen LogP contribution in [0, 0.1) is 17.8 Å². The number of methoxy groups -OCH3 is 1. The van der Waals surface area contributed by atoms with Crippen molar-refractivity contribution < 1.29 is 24.2 Å². The number of likely N-dealkylation sites (tertiary alicyclic amines) is 1. The van der Waals surface area contributed by atoms with Crippen LogP contribution in [0.2, 0.25) is 0 Å². The number of rotatable bonds is 5. The second-order valence-electron chi connectivity index (χ2n) is 7.37. The Bertz CT molecular complexity index is 649. The van der Waals surface area contributed by atoms with Crippen molar-refractivity contribution in [3.05, 3.63) is 11.3 Å². The molecular weight excluding hydrogens is 326 g/mol. The summed E-state index contributed by atoms with van der Waals surface area (Å²) in [7, 11) is 1.56.